The lowest BCUT2D eigenvalue weighted by Crippen LogP contribution is -2.49. The van der Waals surface area contributed by atoms with E-state index in [0.717, 1.165) is 61.3 Å². The van der Waals surface area contributed by atoms with Crippen molar-refractivity contribution in [2.45, 2.75) is 47.5 Å². The van der Waals surface area contributed by atoms with E-state index in [-0.39, 0.29) is 11.6 Å². The molecule has 0 saturated carbocycles. The van der Waals surface area contributed by atoms with Crippen molar-refractivity contribution in [1.29, 1.82) is 0 Å². The maximum absolute atomic E-state index is 13.7. The van der Waals surface area contributed by atoms with E-state index in [1.807, 2.05) is 23.7 Å². The van der Waals surface area contributed by atoms with Crippen molar-refractivity contribution in [3.05, 3.63) is 60.1 Å². The predicted octanol–water partition coefficient (Wildman–Crippen LogP) is 3.54. The Morgan fingerprint density at radius 3 is 2.91 bits per heavy atom. The third kappa shape index (κ3) is 3.11. The summed E-state index contributed by atoms with van der Waals surface area (Å²) in [7, 11) is 1.92. The number of hydrogen-bond donors (Lipinski definition) is 0. The Morgan fingerprint density at radius 2 is 2.09 bits per heavy atom. The number of carbonyl (C=O) groups excluding carboxylic acids is 1. The molecule has 3 atom stereocenters. The molecule has 3 aliphatic rings. The third-order valence-corrected chi connectivity index (χ3v) is 8.41. The first kappa shape index (κ1) is 20.1. The Bertz CT molecular complexity index is 1130. The van der Waals surface area contributed by atoms with Crippen LogP contribution in [0.1, 0.15) is 36.6 Å². The number of likely N-dealkylation sites (tertiary alicyclic amines) is 1. The van der Waals surface area contributed by atoms with Gasteiger partial charge in [0.05, 0.1) is 6.04 Å². The minimum absolute atomic E-state index is 0.177. The summed E-state index contributed by atoms with van der Waals surface area (Å²) < 4.78 is 8.13. The Hall–Kier alpha value is -2.58. The van der Waals surface area contributed by atoms with Gasteiger partial charge < -0.3 is 13.9 Å². The van der Waals surface area contributed by atoms with Gasteiger partial charge in [0.15, 0.2) is 10.2 Å². The summed E-state index contributed by atoms with van der Waals surface area (Å²) in [5.41, 5.74) is 0.963. The van der Waals surface area contributed by atoms with Crippen LogP contribution in [0.4, 0.5) is 0 Å². The van der Waals surface area contributed by atoms with Crippen LogP contribution >= 0.6 is 11.8 Å². The van der Waals surface area contributed by atoms with Crippen molar-refractivity contribution in [3.8, 4) is 0 Å². The summed E-state index contributed by atoms with van der Waals surface area (Å²) >= 11 is 1.48. The van der Waals surface area contributed by atoms with Crippen molar-refractivity contribution >= 4 is 17.7 Å². The van der Waals surface area contributed by atoms with E-state index < -0.39 is 0 Å². The number of rotatable bonds is 6. The van der Waals surface area contributed by atoms with E-state index in [9.17, 15) is 4.79 Å². The number of benzene rings is 1. The van der Waals surface area contributed by atoms with Crippen LogP contribution in [0.25, 0.3) is 0 Å². The second kappa shape index (κ2) is 7.78. The number of aryl methyl sites for hydroxylation is 1. The van der Waals surface area contributed by atoms with Gasteiger partial charge in [0.2, 0.25) is 5.91 Å². The molecule has 0 unspecified atom stereocenters. The Labute approximate surface area is 191 Å². The maximum Gasteiger partial charge on any atom is 0.243 e. The molecule has 0 aliphatic carbocycles. The van der Waals surface area contributed by atoms with Crippen molar-refractivity contribution in [2.75, 3.05) is 19.6 Å². The van der Waals surface area contributed by atoms with E-state index in [1.165, 1.54) is 17.3 Å². The molecule has 3 aliphatic heterocycles. The SMILES string of the molecule is Cn1cnnc1Sc1ccc([C@@H]2C[C@H]3CN(CCc4ccccc4)C(=O)[C@]34CCCN24)o1. The maximum atomic E-state index is 13.7. The second-order valence-corrected chi connectivity index (χ2v) is 10.1. The van der Waals surface area contributed by atoms with Gasteiger partial charge in [-0.1, -0.05) is 30.3 Å². The van der Waals surface area contributed by atoms with E-state index in [0.29, 0.717) is 11.8 Å². The van der Waals surface area contributed by atoms with Gasteiger partial charge in [-0.2, -0.15) is 0 Å². The van der Waals surface area contributed by atoms with Crippen molar-refractivity contribution in [3.63, 3.8) is 0 Å². The molecule has 6 rings (SSSR count). The number of hydrogen-bond acceptors (Lipinski definition) is 6. The number of carbonyl (C=O) groups is 1. The smallest absolute Gasteiger partial charge is 0.243 e. The highest BCUT2D eigenvalue weighted by atomic mass is 32.2. The van der Waals surface area contributed by atoms with Gasteiger partial charge in [0.25, 0.3) is 0 Å². The molecule has 3 aromatic rings. The molecule has 32 heavy (non-hydrogen) atoms. The second-order valence-electron chi connectivity index (χ2n) is 9.14. The minimum Gasteiger partial charge on any atom is -0.453 e. The van der Waals surface area contributed by atoms with Crippen LogP contribution in [0.5, 0.6) is 0 Å². The van der Waals surface area contributed by atoms with Crippen LogP contribution in [0, 0.1) is 5.92 Å². The van der Waals surface area contributed by atoms with Gasteiger partial charge in [-0.15, -0.1) is 10.2 Å². The lowest BCUT2D eigenvalue weighted by Gasteiger charge is -2.32. The molecule has 0 N–H and O–H groups in total. The summed E-state index contributed by atoms with van der Waals surface area (Å²) in [4.78, 5) is 18.2. The molecular weight excluding hydrogens is 422 g/mol. The monoisotopic (exact) mass is 449 g/mol. The molecule has 0 bridgehead atoms. The van der Waals surface area contributed by atoms with Gasteiger partial charge in [0.1, 0.15) is 17.6 Å². The summed E-state index contributed by atoms with van der Waals surface area (Å²) in [6.07, 6.45) is 5.63. The summed E-state index contributed by atoms with van der Waals surface area (Å²) in [5.74, 6) is 1.67. The zero-order valence-corrected chi connectivity index (χ0v) is 19.0. The average Bonchev–Trinajstić information content (AvgIpc) is 3.60. The predicted molar refractivity (Wildman–Crippen MR) is 120 cm³/mol. The largest absolute Gasteiger partial charge is 0.453 e. The Balaban J connectivity index is 1.19. The zero-order valence-electron chi connectivity index (χ0n) is 18.2. The average molecular weight is 450 g/mol. The van der Waals surface area contributed by atoms with E-state index >= 15 is 0 Å². The molecule has 1 amide bonds. The molecule has 5 heterocycles. The molecule has 1 aromatic carbocycles. The van der Waals surface area contributed by atoms with Crippen LogP contribution in [-0.2, 0) is 18.3 Å². The molecule has 166 valence electrons. The molecule has 1 spiro atoms. The molecule has 8 heteroatoms. The Morgan fingerprint density at radius 1 is 1.22 bits per heavy atom. The van der Waals surface area contributed by atoms with Crippen LogP contribution < -0.4 is 0 Å². The quantitative estimate of drug-likeness (QED) is 0.574. The molecular formula is C24H27N5O2S. The fourth-order valence-corrected chi connectivity index (χ4v) is 6.71. The lowest BCUT2D eigenvalue weighted by molar-refractivity contribution is -0.137. The highest BCUT2D eigenvalue weighted by Crippen LogP contribution is 2.56. The molecule has 3 fully saturated rings. The normalized spacial score (nSPS) is 27.3. The molecule has 3 saturated heterocycles. The van der Waals surface area contributed by atoms with E-state index in [1.54, 1.807) is 6.33 Å². The van der Waals surface area contributed by atoms with E-state index in [2.05, 4.69) is 50.3 Å². The number of nitrogens with zero attached hydrogens (tertiary/aromatic N) is 5. The fourth-order valence-electron chi connectivity index (χ4n) is 5.97. The van der Waals surface area contributed by atoms with Gasteiger partial charge in [-0.3, -0.25) is 9.69 Å². The molecule has 2 aromatic heterocycles. The highest BCUT2D eigenvalue weighted by Gasteiger charge is 2.65. The highest BCUT2D eigenvalue weighted by molar-refractivity contribution is 7.99. The lowest BCUT2D eigenvalue weighted by atomic mass is 9.85. The van der Waals surface area contributed by atoms with Gasteiger partial charge in [-0.25, -0.2) is 0 Å². The zero-order chi connectivity index (χ0) is 21.7. The fraction of sp³-hybridized carbons (Fsp3) is 0.458. The topological polar surface area (TPSA) is 67.4 Å². The van der Waals surface area contributed by atoms with Crippen LogP contribution in [-0.4, -0.2) is 55.6 Å². The number of amides is 1. The molecule has 7 nitrogen and oxygen atoms in total. The summed E-state index contributed by atoms with van der Waals surface area (Å²) in [6, 6.07) is 14.7. The van der Waals surface area contributed by atoms with Crippen LogP contribution in [0.3, 0.4) is 0 Å². The van der Waals surface area contributed by atoms with Crippen molar-refractivity contribution in [2.24, 2.45) is 13.0 Å². The van der Waals surface area contributed by atoms with Crippen LogP contribution in [0.15, 0.2) is 63.5 Å². The summed E-state index contributed by atoms with van der Waals surface area (Å²) in [6.45, 7) is 2.63. The first-order valence-electron chi connectivity index (χ1n) is 11.4. The third-order valence-electron chi connectivity index (χ3n) is 7.43. The minimum atomic E-state index is -0.328. The number of furan rings is 1. The van der Waals surface area contributed by atoms with E-state index in [4.69, 9.17) is 4.42 Å². The van der Waals surface area contributed by atoms with Crippen LogP contribution in [0.2, 0.25) is 0 Å². The van der Waals surface area contributed by atoms with Gasteiger partial charge >= 0.3 is 0 Å². The standard InChI is InChI=1S/C24H27N5O2S/c1-27-16-25-26-23(27)32-21-9-8-20(31-21)19-14-18-15-28(13-10-17-6-3-2-4-7-17)22(30)24(18)11-5-12-29(19)24/h2-4,6-9,16,18-19H,5,10-15H2,1H3/t18-,19-,24-/m0/s1. The summed E-state index contributed by atoms with van der Waals surface area (Å²) in [5, 5.41) is 9.68. The first-order chi connectivity index (χ1) is 15.6. The van der Waals surface area contributed by atoms with Gasteiger partial charge in [-0.05, 0) is 55.1 Å². The van der Waals surface area contributed by atoms with Gasteiger partial charge in [0, 0.05) is 32.6 Å². The van der Waals surface area contributed by atoms with Crippen molar-refractivity contribution < 1.29 is 9.21 Å². The number of aromatic nitrogens is 3. The van der Waals surface area contributed by atoms with Crippen molar-refractivity contribution in [1.82, 2.24) is 24.6 Å². The molecule has 0 radical (unpaired) electrons. The first-order valence-corrected chi connectivity index (χ1v) is 12.2. The Kier molecular flexibility index (Phi) is 4.87.